The summed E-state index contributed by atoms with van der Waals surface area (Å²) in [6, 6.07) is 0.788. The summed E-state index contributed by atoms with van der Waals surface area (Å²) < 4.78 is 5.00. The van der Waals surface area contributed by atoms with Crippen LogP contribution in [0.3, 0.4) is 0 Å². The maximum Gasteiger partial charge on any atom is 0.318 e. The lowest BCUT2D eigenvalue weighted by molar-refractivity contribution is 0.378. The third-order valence-corrected chi connectivity index (χ3v) is 2.82. The lowest BCUT2D eigenvalue weighted by Crippen LogP contribution is -2.49. The van der Waals surface area contributed by atoms with Gasteiger partial charge in [-0.1, -0.05) is 11.6 Å². The molecule has 1 N–H and O–H groups in total. The topological polar surface area (TPSA) is 50.3 Å². The summed E-state index contributed by atoms with van der Waals surface area (Å²) in [5, 5.41) is 3.94. The van der Waals surface area contributed by atoms with Gasteiger partial charge >= 0.3 is 6.01 Å². The number of ether oxygens (including phenoxy) is 1. The Morgan fingerprint density at radius 3 is 3.12 bits per heavy atom. The number of nitrogens with one attached hydrogen (secondary N) is 1. The Morgan fingerprint density at radius 2 is 2.44 bits per heavy atom. The molecule has 6 heteroatoms. The first kappa shape index (κ1) is 11.4. The van der Waals surface area contributed by atoms with Crippen molar-refractivity contribution in [1.82, 2.24) is 15.3 Å². The Kier molecular flexibility index (Phi) is 3.46. The molecule has 0 aliphatic carbocycles. The lowest BCUT2D eigenvalue weighted by Gasteiger charge is -2.33. The molecular formula is C10H15ClN4O. The van der Waals surface area contributed by atoms with Crippen molar-refractivity contribution >= 4 is 17.4 Å². The first-order valence-corrected chi connectivity index (χ1v) is 5.63. The van der Waals surface area contributed by atoms with E-state index in [-0.39, 0.29) is 0 Å². The van der Waals surface area contributed by atoms with Crippen LogP contribution in [0.25, 0.3) is 0 Å². The van der Waals surface area contributed by atoms with Crippen LogP contribution < -0.4 is 15.0 Å². The van der Waals surface area contributed by atoms with E-state index >= 15 is 0 Å². The van der Waals surface area contributed by atoms with E-state index in [4.69, 9.17) is 16.3 Å². The van der Waals surface area contributed by atoms with E-state index in [9.17, 15) is 0 Å². The number of hydrogen-bond acceptors (Lipinski definition) is 5. The van der Waals surface area contributed by atoms with E-state index in [1.54, 1.807) is 13.3 Å². The fourth-order valence-electron chi connectivity index (χ4n) is 1.79. The molecule has 0 amide bonds. The summed E-state index contributed by atoms with van der Waals surface area (Å²) in [7, 11) is 1.55. The Bertz CT molecular complexity index is 374. The Morgan fingerprint density at radius 1 is 1.62 bits per heavy atom. The number of nitrogens with zero attached hydrogens (tertiary/aromatic N) is 3. The molecule has 0 bridgehead atoms. The molecule has 2 heterocycles. The van der Waals surface area contributed by atoms with Gasteiger partial charge in [-0.25, -0.2) is 4.98 Å². The SMILES string of the molecule is COc1ncc(Cl)c(N2CCN[C@H](C)C2)n1. The van der Waals surface area contributed by atoms with Gasteiger partial charge in [0, 0.05) is 25.7 Å². The molecular weight excluding hydrogens is 228 g/mol. The molecule has 1 aromatic heterocycles. The molecule has 88 valence electrons. The maximum absolute atomic E-state index is 6.09. The minimum absolute atomic E-state index is 0.352. The molecule has 1 atom stereocenters. The minimum Gasteiger partial charge on any atom is -0.467 e. The van der Waals surface area contributed by atoms with Gasteiger partial charge in [0.25, 0.3) is 0 Å². The number of methoxy groups -OCH3 is 1. The average molecular weight is 243 g/mol. The molecule has 1 saturated heterocycles. The van der Waals surface area contributed by atoms with Crippen LogP contribution in [0.2, 0.25) is 5.02 Å². The zero-order valence-corrected chi connectivity index (χ0v) is 10.2. The number of halogens is 1. The summed E-state index contributed by atoms with van der Waals surface area (Å²) in [5.41, 5.74) is 0. The van der Waals surface area contributed by atoms with Crippen LogP contribution in [0.5, 0.6) is 6.01 Å². The summed E-state index contributed by atoms with van der Waals surface area (Å²) in [6.07, 6.45) is 1.58. The van der Waals surface area contributed by atoms with Gasteiger partial charge in [-0.3, -0.25) is 0 Å². The van der Waals surface area contributed by atoms with Crippen molar-refractivity contribution in [3.05, 3.63) is 11.2 Å². The Hall–Kier alpha value is -1.07. The maximum atomic E-state index is 6.09. The third kappa shape index (κ3) is 2.36. The van der Waals surface area contributed by atoms with Crippen molar-refractivity contribution in [1.29, 1.82) is 0 Å². The summed E-state index contributed by atoms with van der Waals surface area (Å²) in [5.74, 6) is 0.752. The fourth-order valence-corrected chi connectivity index (χ4v) is 2.00. The molecule has 0 aromatic carbocycles. The highest BCUT2D eigenvalue weighted by atomic mass is 35.5. The first-order chi connectivity index (χ1) is 7.70. The minimum atomic E-state index is 0.352. The highest BCUT2D eigenvalue weighted by Crippen LogP contribution is 2.25. The number of hydrogen-bond donors (Lipinski definition) is 1. The van der Waals surface area contributed by atoms with Crippen molar-refractivity contribution < 1.29 is 4.74 Å². The van der Waals surface area contributed by atoms with Gasteiger partial charge in [0.15, 0.2) is 5.82 Å². The zero-order valence-electron chi connectivity index (χ0n) is 9.40. The molecule has 0 spiro atoms. The van der Waals surface area contributed by atoms with Crippen molar-refractivity contribution in [3.63, 3.8) is 0 Å². The van der Waals surface area contributed by atoms with Crippen LogP contribution in [-0.2, 0) is 0 Å². The van der Waals surface area contributed by atoms with E-state index in [0.717, 1.165) is 25.5 Å². The Balaban J connectivity index is 2.24. The normalized spacial score (nSPS) is 20.9. The van der Waals surface area contributed by atoms with Gasteiger partial charge < -0.3 is 15.0 Å². The molecule has 16 heavy (non-hydrogen) atoms. The summed E-state index contributed by atoms with van der Waals surface area (Å²) in [6.45, 7) is 4.85. The average Bonchev–Trinajstić information content (AvgIpc) is 2.30. The van der Waals surface area contributed by atoms with Gasteiger partial charge in [0.2, 0.25) is 0 Å². The van der Waals surface area contributed by atoms with E-state index in [2.05, 4.69) is 27.1 Å². The third-order valence-electron chi connectivity index (χ3n) is 2.55. The number of aromatic nitrogens is 2. The van der Waals surface area contributed by atoms with Gasteiger partial charge in [0.1, 0.15) is 5.02 Å². The van der Waals surface area contributed by atoms with Crippen LogP contribution in [0.1, 0.15) is 6.92 Å². The van der Waals surface area contributed by atoms with E-state index in [0.29, 0.717) is 17.1 Å². The van der Waals surface area contributed by atoms with E-state index in [1.807, 2.05) is 0 Å². The standard InChI is InChI=1S/C10H15ClN4O/c1-7-6-15(4-3-12-7)9-8(11)5-13-10(14-9)16-2/h5,7,12H,3-4,6H2,1-2H3/t7-/m1/s1. The number of rotatable bonds is 2. The van der Waals surface area contributed by atoms with Crippen molar-refractivity contribution in [2.45, 2.75) is 13.0 Å². The molecule has 0 radical (unpaired) electrons. The van der Waals surface area contributed by atoms with Crippen LogP contribution in [0.4, 0.5) is 5.82 Å². The lowest BCUT2D eigenvalue weighted by atomic mass is 10.2. The molecule has 0 unspecified atom stereocenters. The first-order valence-electron chi connectivity index (χ1n) is 5.25. The van der Waals surface area contributed by atoms with Crippen LogP contribution in [0.15, 0.2) is 6.20 Å². The number of piperazine rings is 1. The van der Waals surface area contributed by atoms with Gasteiger partial charge in [0.05, 0.1) is 13.3 Å². The second-order valence-electron chi connectivity index (χ2n) is 3.83. The highest BCUT2D eigenvalue weighted by Gasteiger charge is 2.20. The molecule has 0 saturated carbocycles. The van der Waals surface area contributed by atoms with Gasteiger partial charge in [-0.15, -0.1) is 0 Å². The predicted octanol–water partition coefficient (Wildman–Crippen LogP) is 0.937. The van der Waals surface area contributed by atoms with Crippen molar-refractivity contribution in [3.8, 4) is 6.01 Å². The Labute approximate surface area is 99.8 Å². The molecule has 5 nitrogen and oxygen atoms in total. The van der Waals surface area contributed by atoms with Gasteiger partial charge in [-0.2, -0.15) is 4.98 Å². The molecule has 1 aromatic rings. The van der Waals surface area contributed by atoms with Gasteiger partial charge in [-0.05, 0) is 6.92 Å². The largest absolute Gasteiger partial charge is 0.467 e. The second kappa shape index (κ2) is 4.84. The zero-order chi connectivity index (χ0) is 11.5. The quantitative estimate of drug-likeness (QED) is 0.837. The summed E-state index contributed by atoms with van der Waals surface area (Å²) in [4.78, 5) is 10.4. The van der Waals surface area contributed by atoms with E-state index < -0.39 is 0 Å². The predicted molar refractivity (Wildman–Crippen MR) is 63.3 cm³/mol. The highest BCUT2D eigenvalue weighted by molar-refractivity contribution is 6.32. The molecule has 2 rings (SSSR count). The van der Waals surface area contributed by atoms with Crippen molar-refractivity contribution in [2.24, 2.45) is 0 Å². The van der Waals surface area contributed by atoms with Crippen molar-refractivity contribution in [2.75, 3.05) is 31.6 Å². The smallest absolute Gasteiger partial charge is 0.318 e. The monoisotopic (exact) mass is 242 g/mol. The summed E-state index contributed by atoms with van der Waals surface area (Å²) >= 11 is 6.09. The number of anilines is 1. The molecule has 1 aliphatic heterocycles. The molecule has 1 fully saturated rings. The van der Waals surface area contributed by atoms with E-state index in [1.165, 1.54) is 0 Å². The van der Waals surface area contributed by atoms with Crippen LogP contribution >= 0.6 is 11.6 Å². The second-order valence-corrected chi connectivity index (χ2v) is 4.24. The van der Waals surface area contributed by atoms with Crippen LogP contribution in [-0.4, -0.2) is 42.8 Å². The molecule has 1 aliphatic rings. The fraction of sp³-hybridized carbons (Fsp3) is 0.600. The van der Waals surface area contributed by atoms with Crippen LogP contribution in [0, 0.1) is 0 Å².